The van der Waals surface area contributed by atoms with Gasteiger partial charge in [-0.3, -0.25) is 9.59 Å². The number of aromatic amines is 2. The van der Waals surface area contributed by atoms with Gasteiger partial charge in [-0.15, -0.1) is 16.6 Å². The van der Waals surface area contributed by atoms with E-state index < -0.39 is 18.1 Å². The number of H-pyrrole nitrogens is 2. The normalized spacial score (nSPS) is 15.5. The number of anilines is 3. The molecule has 8 N–H and O–H groups in total. The lowest BCUT2D eigenvalue weighted by Crippen LogP contribution is -2.52. The van der Waals surface area contributed by atoms with E-state index in [-0.39, 0.29) is 30.2 Å². The quantitative estimate of drug-likeness (QED) is 0.0308. The third kappa shape index (κ3) is 15.0. The van der Waals surface area contributed by atoms with Gasteiger partial charge >= 0.3 is 0 Å². The molecule has 4 atom stereocenters. The summed E-state index contributed by atoms with van der Waals surface area (Å²) in [6.07, 6.45) is 10.8. The number of terminal acetylenes is 1. The van der Waals surface area contributed by atoms with Crippen LogP contribution in [0.3, 0.4) is 0 Å². The lowest BCUT2D eigenvalue weighted by Gasteiger charge is -2.38. The highest BCUT2D eigenvalue weighted by Gasteiger charge is 2.34. The molecule has 5 aromatic heterocycles. The Bertz CT molecular complexity index is 3360. The molecule has 24 nitrogen and oxygen atoms in total. The number of aromatic nitrogens is 11. The topological polar surface area (TPSA) is 291 Å². The van der Waals surface area contributed by atoms with Crippen molar-refractivity contribution >= 4 is 51.5 Å². The molecule has 3 aromatic carbocycles. The summed E-state index contributed by atoms with van der Waals surface area (Å²) in [4.78, 5) is 59.4. The summed E-state index contributed by atoms with van der Waals surface area (Å²) in [5, 5.41) is 33.2. The molecule has 2 fully saturated rings. The first-order chi connectivity index (χ1) is 40.4. The molecule has 2 amide bonds. The number of nitrogens with one attached hydrogen (secondary N) is 3. The molecule has 0 spiro atoms. The van der Waals surface area contributed by atoms with E-state index in [1.165, 1.54) is 0 Å². The fourth-order valence-electron chi connectivity index (χ4n) is 10.5. The van der Waals surface area contributed by atoms with Crippen LogP contribution >= 0.6 is 0 Å². The van der Waals surface area contributed by atoms with Crippen molar-refractivity contribution in [3.63, 3.8) is 0 Å². The molecular formula is C59H74N18O6. The van der Waals surface area contributed by atoms with E-state index >= 15 is 0 Å². The number of carbonyl (C=O) groups excluding carboxylic acids is 2. The molecule has 2 aliphatic rings. The molecule has 83 heavy (non-hydrogen) atoms. The summed E-state index contributed by atoms with van der Waals surface area (Å²) in [7, 11) is 0. The number of piperazine rings is 2. The third-order valence-electron chi connectivity index (χ3n) is 15.0. The number of hydrogen-bond donors (Lipinski definition) is 6. The Morgan fingerprint density at radius 1 is 0.651 bits per heavy atom. The minimum atomic E-state index is -0.728. The van der Waals surface area contributed by atoms with E-state index in [0.717, 1.165) is 45.2 Å². The van der Waals surface area contributed by atoms with Crippen LogP contribution in [0.4, 0.5) is 17.8 Å². The van der Waals surface area contributed by atoms with E-state index in [9.17, 15) is 14.7 Å². The molecule has 7 heterocycles. The lowest BCUT2D eigenvalue weighted by molar-refractivity contribution is -0.136. The van der Waals surface area contributed by atoms with Gasteiger partial charge in [-0.1, -0.05) is 78.7 Å². The van der Waals surface area contributed by atoms with Gasteiger partial charge in [0.1, 0.15) is 24.4 Å². The minimum absolute atomic E-state index is 0.0760. The van der Waals surface area contributed by atoms with Gasteiger partial charge in [0, 0.05) is 94.2 Å². The number of ether oxygens (including phenoxy) is 3. The number of hydrogen-bond acceptors (Lipinski definition) is 18. The van der Waals surface area contributed by atoms with Crippen LogP contribution in [0.2, 0.25) is 0 Å². The zero-order valence-electron chi connectivity index (χ0n) is 47.1. The molecule has 0 radical (unpaired) electrons. The lowest BCUT2D eigenvalue weighted by atomic mass is 10.0. The van der Waals surface area contributed by atoms with Crippen molar-refractivity contribution in [2.45, 2.75) is 63.7 Å². The maximum atomic E-state index is 14.9. The van der Waals surface area contributed by atoms with E-state index in [1.54, 1.807) is 27.7 Å². The van der Waals surface area contributed by atoms with Crippen molar-refractivity contribution in [1.82, 2.24) is 64.7 Å². The van der Waals surface area contributed by atoms with Crippen LogP contribution in [0, 0.1) is 18.3 Å². The number of nitrogens with zero attached hydrogens (tertiary/aromatic N) is 13. The average Bonchev–Trinajstić information content (AvgIpc) is 4.36. The number of fused-ring (bicyclic) bond motifs is 2. The Labute approximate surface area is 481 Å². The fourth-order valence-corrected chi connectivity index (χ4v) is 10.5. The van der Waals surface area contributed by atoms with Gasteiger partial charge in [0.25, 0.3) is 0 Å². The number of amides is 2. The number of aromatic hydroxyl groups is 1. The number of carbonyl (C=O) groups is 2. The molecule has 10 rings (SSSR count). The monoisotopic (exact) mass is 1130 g/mol. The van der Waals surface area contributed by atoms with Gasteiger partial charge in [0.2, 0.25) is 29.7 Å². The molecule has 0 unspecified atom stereocenters. The first kappa shape index (κ1) is 57.8. The minimum Gasteiger partial charge on any atom is -0.508 e. The van der Waals surface area contributed by atoms with Crippen molar-refractivity contribution in [2.75, 3.05) is 114 Å². The second-order valence-electron chi connectivity index (χ2n) is 21.5. The third-order valence-corrected chi connectivity index (χ3v) is 15.0. The van der Waals surface area contributed by atoms with Gasteiger partial charge < -0.3 is 65.7 Å². The highest BCUT2D eigenvalue weighted by molar-refractivity contribution is 5.84. The standard InChI is InChI=1S/C59H74N18O6/c1-4-26-81-28-30-83-31-29-82-27-17-62-57-65-58(74-22-18-72(19-23-74)55(79)53(36-44-34-42-9-5-7-11-49(42)63-44)76-38-51(68-70-76)47(60)32-40(2)3)67-59(66-57)75-24-20-73(21-25-75)56(80)54(37-45-35-43-10-6-8-12-50(43)64-45)77-39-52(69-71-77)48(61)33-41-13-15-46(78)16-14-41/h1,5-16,34-35,38-40,47-48,53-54,63-64,78H,17-33,36-37,60-61H2,2-3H3,(H,62,65,66,67)/t47-,48-,53-,54-/m0/s1. The predicted octanol–water partition coefficient (Wildman–Crippen LogP) is 4.37. The SMILES string of the molecule is C#CCOCCOCCOCCNc1nc(N2CCN(C(=O)[C@H](Cc3cc4ccccc4[nH]3)n3cc([C@@H](N)Cc4ccc(O)cc4)nn3)CC2)nc(N2CCN(C(=O)[C@H](Cc3cc4ccccc4[nH]3)n3cc([C@@H](N)CC(C)C)nn3)CC2)n1. The highest BCUT2D eigenvalue weighted by Crippen LogP contribution is 2.28. The van der Waals surface area contributed by atoms with Gasteiger partial charge in [-0.25, -0.2) is 9.36 Å². The van der Waals surface area contributed by atoms with Crippen LogP contribution in [-0.2, 0) is 43.1 Å². The Hall–Kier alpha value is -8.47. The zero-order valence-corrected chi connectivity index (χ0v) is 47.1. The number of benzene rings is 3. The first-order valence-corrected chi connectivity index (χ1v) is 28.4. The van der Waals surface area contributed by atoms with Crippen molar-refractivity contribution in [1.29, 1.82) is 0 Å². The van der Waals surface area contributed by atoms with Crippen LogP contribution in [0.5, 0.6) is 5.75 Å². The Kier molecular flexibility index (Phi) is 19.2. The van der Waals surface area contributed by atoms with E-state index in [4.69, 9.17) is 47.1 Å². The summed E-state index contributed by atoms with van der Waals surface area (Å²) in [6, 6.07) is 24.9. The molecule has 0 saturated carbocycles. The van der Waals surface area contributed by atoms with E-state index in [2.05, 4.69) is 77.6 Å². The molecule has 0 bridgehead atoms. The number of phenolic OH excluding ortho intramolecular Hbond substituents is 1. The number of para-hydroxylation sites is 2. The van der Waals surface area contributed by atoms with Crippen molar-refractivity contribution in [3.05, 3.63) is 126 Å². The summed E-state index contributed by atoms with van der Waals surface area (Å²) < 4.78 is 20.0. The molecule has 436 valence electrons. The summed E-state index contributed by atoms with van der Waals surface area (Å²) in [5.74, 6) is 4.08. The molecule has 0 aliphatic carbocycles. The van der Waals surface area contributed by atoms with Crippen LogP contribution in [0.15, 0.2) is 97.3 Å². The van der Waals surface area contributed by atoms with Crippen molar-refractivity contribution in [3.8, 4) is 18.1 Å². The van der Waals surface area contributed by atoms with Crippen molar-refractivity contribution < 1.29 is 28.9 Å². The second kappa shape index (κ2) is 27.5. The van der Waals surface area contributed by atoms with Crippen LogP contribution in [-0.4, -0.2) is 180 Å². The Morgan fingerprint density at radius 3 is 1.65 bits per heavy atom. The van der Waals surface area contributed by atoms with Crippen LogP contribution < -0.4 is 26.6 Å². The fraction of sp³-hybridized carbons (Fsp3) is 0.441. The van der Waals surface area contributed by atoms with Gasteiger partial charge in [-0.05, 0) is 71.5 Å². The second-order valence-corrected chi connectivity index (χ2v) is 21.5. The Morgan fingerprint density at radius 2 is 1.14 bits per heavy atom. The smallest absolute Gasteiger partial charge is 0.248 e. The van der Waals surface area contributed by atoms with Gasteiger partial charge in [0.05, 0.1) is 68.9 Å². The maximum absolute atomic E-state index is 14.9. The summed E-state index contributed by atoms with van der Waals surface area (Å²) >= 11 is 0. The number of phenols is 1. The average molecular weight is 1130 g/mol. The van der Waals surface area contributed by atoms with Crippen LogP contribution in [0.1, 0.15) is 72.8 Å². The summed E-state index contributed by atoms with van der Waals surface area (Å²) in [6.45, 7) is 10.2. The number of rotatable bonds is 27. The van der Waals surface area contributed by atoms with Gasteiger partial charge in [0.15, 0.2) is 0 Å². The molecule has 2 saturated heterocycles. The largest absolute Gasteiger partial charge is 0.508 e. The van der Waals surface area contributed by atoms with Crippen molar-refractivity contribution in [2.24, 2.45) is 17.4 Å². The highest BCUT2D eigenvalue weighted by atomic mass is 16.5. The summed E-state index contributed by atoms with van der Waals surface area (Å²) in [5.41, 5.74) is 19.1. The molecule has 24 heteroatoms. The molecule has 2 aliphatic heterocycles. The number of nitrogens with two attached hydrogens (primary N) is 2. The van der Waals surface area contributed by atoms with Crippen LogP contribution in [0.25, 0.3) is 21.8 Å². The molecule has 8 aromatic rings. The first-order valence-electron chi connectivity index (χ1n) is 28.4. The molecular weight excluding hydrogens is 1060 g/mol. The predicted molar refractivity (Wildman–Crippen MR) is 314 cm³/mol. The Balaban J connectivity index is 0.833. The van der Waals surface area contributed by atoms with E-state index in [0.29, 0.717) is 146 Å². The maximum Gasteiger partial charge on any atom is 0.248 e. The van der Waals surface area contributed by atoms with Gasteiger partial charge in [-0.2, -0.15) is 15.0 Å². The van der Waals surface area contributed by atoms with E-state index in [1.807, 2.05) is 76.7 Å². The zero-order chi connectivity index (χ0) is 57.7.